The Balaban J connectivity index is 1.91. The van der Waals surface area contributed by atoms with Gasteiger partial charge in [0.1, 0.15) is 5.75 Å². The summed E-state index contributed by atoms with van der Waals surface area (Å²) < 4.78 is 5.61. The average molecular weight is 274 g/mol. The van der Waals surface area contributed by atoms with Gasteiger partial charge in [0.25, 0.3) is 0 Å². The lowest BCUT2D eigenvalue weighted by Crippen LogP contribution is -2.43. The van der Waals surface area contributed by atoms with Crippen LogP contribution in [0.3, 0.4) is 0 Å². The number of nitrogens with one attached hydrogen (secondary N) is 1. The molecule has 0 saturated carbocycles. The second-order valence-electron chi connectivity index (χ2n) is 6.14. The fourth-order valence-corrected chi connectivity index (χ4v) is 3.49. The quantitative estimate of drug-likeness (QED) is 0.869. The van der Waals surface area contributed by atoms with Crippen LogP contribution in [0, 0.1) is 11.3 Å². The predicted molar refractivity (Wildman–Crippen MR) is 77.6 cm³/mol. The first kappa shape index (κ1) is 13.4. The van der Waals surface area contributed by atoms with Crippen molar-refractivity contribution in [3.8, 4) is 5.75 Å². The maximum Gasteiger partial charge on any atom is 0.224 e. The Morgan fingerprint density at radius 1 is 1.55 bits per heavy atom. The highest BCUT2D eigenvalue weighted by Crippen LogP contribution is 2.38. The lowest BCUT2D eigenvalue weighted by Gasteiger charge is -2.32. The van der Waals surface area contributed by atoms with Gasteiger partial charge in [-0.15, -0.1) is 0 Å². The summed E-state index contributed by atoms with van der Waals surface area (Å²) in [6.45, 7) is 4.61. The minimum atomic E-state index is -0.485. The van der Waals surface area contributed by atoms with Crippen molar-refractivity contribution in [3.63, 3.8) is 0 Å². The number of nitrogens with two attached hydrogens (primary N) is 1. The summed E-state index contributed by atoms with van der Waals surface area (Å²) in [7, 11) is 0. The van der Waals surface area contributed by atoms with Gasteiger partial charge in [-0.25, -0.2) is 0 Å². The van der Waals surface area contributed by atoms with Gasteiger partial charge in [0.15, 0.2) is 0 Å². The molecule has 3 N–H and O–H groups in total. The fourth-order valence-electron chi connectivity index (χ4n) is 3.49. The number of carbonyl (C=O) groups excluding carboxylic acids is 1. The summed E-state index contributed by atoms with van der Waals surface area (Å²) in [5.41, 5.74) is 7.73. The van der Waals surface area contributed by atoms with Gasteiger partial charge in [-0.05, 0) is 43.5 Å². The number of carbonyl (C=O) groups is 1. The lowest BCUT2D eigenvalue weighted by atomic mass is 9.71. The fraction of sp³-hybridized carbons (Fsp3) is 0.562. The Morgan fingerprint density at radius 3 is 3.10 bits per heavy atom. The molecule has 108 valence electrons. The van der Waals surface area contributed by atoms with Gasteiger partial charge in [-0.3, -0.25) is 4.79 Å². The van der Waals surface area contributed by atoms with Crippen molar-refractivity contribution in [3.05, 3.63) is 29.3 Å². The van der Waals surface area contributed by atoms with Gasteiger partial charge >= 0.3 is 0 Å². The van der Waals surface area contributed by atoms with E-state index in [1.807, 2.05) is 19.1 Å². The van der Waals surface area contributed by atoms with Crippen molar-refractivity contribution in [2.45, 2.75) is 26.2 Å². The van der Waals surface area contributed by atoms with Crippen LogP contribution in [-0.2, 0) is 17.6 Å². The van der Waals surface area contributed by atoms with E-state index in [2.05, 4.69) is 11.4 Å². The number of primary amides is 1. The van der Waals surface area contributed by atoms with Crippen molar-refractivity contribution in [2.24, 2.45) is 17.1 Å². The van der Waals surface area contributed by atoms with Crippen LogP contribution >= 0.6 is 0 Å². The number of ether oxygens (including phenoxy) is 1. The van der Waals surface area contributed by atoms with Crippen LogP contribution in [0.5, 0.6) is 5.75 Å². The summed E-state index contributed by atoms with van der Waals surface area (Å²) >= 11 is 0. The molecule has 3 rings (SSSR count). The molecule has 0 spiro atoms. The zero-order valence-corrected chi connectivity index (χ0v) is 11.9. The number of benzene rings is 1. The van der Waals surface area contributed by atoms with E-state index in [0.717, 1.165) is 38.3 Å². The highest BCUT2D eigenvalue weighted by Gasteiger charge is 2.41. The molecule has 0 bridgehead atoms. The van der Waals surface area contributed by atoms with Crippen molar-refractivity contribution in [2.75, 3.05) is 19.7 Å². The minimum absolute atomic E-state index is 0.192. The van der Waals surface area contributed by atoms with E-state index >= 15 is 0 Å². The summed E-state index contributed by atoms with van der Waals surface area (Å²) in [6, 6.07) is 6.12. The van der Waals surface area contributed by atoms with Gasteiger partial charge in [0.2, 0.25) is 5.91 Å². The molecule has 20 heavy (non-hydrogen) atoms. The van der Waals surface area contributed by atoms with Crippen LogP contribution in [0.25, 0.3) is 0 Å². The van der Waals surface area contributed by atoms with Crippen molar-refractivity contribution in [1.82, 2.24) is 5.32 Å². The SMILES string of the molecule is CC(Cc1cccc2c1CCO2)(C(N)=O)C1CCNC1. The normalized spacial score (nSPS) is 23.9. The zero-order chi connectivity index (χ0) is 14.2. The lowest BCUT2D eigenvalue weighted by molar-refractivity contribution is -0.129. The number of fused-ring (bicyclic) bond motifs is 1. The molecule has 1 saturated heterocycles. The first-order chi connectivity index (χ1) is 9.61. The van der Waals surface area contributed by atoms with Crippen LogP contribution in [0.2, 0.25) is 0 Å². The molecule has 1 amide bonds. The Bertz CT molecular complexity index is 523. The molecule has 2 heterocycles. The molecule has 1 aromatic rings. The summed E-state index contributed by atoms with van der Waals surface area (Å²) in [5, 5.41) is 3.34. The number of hydrogen-bond donors (Lipinski definition) is 2. The van der Waals surface area contributed by atoms with E-state index in [1.165, 1.54) is 11.1 Å². The van der Waals surface area contributed by atoms with Gasteiger partial charge in [-0.2, -0.15) is 0 Å². The van der Waals surface area contributed by atoms with Crippen molar-refractivity contribution >= 4 is 5.91 Å². The maximum absolute atomic E-state index is 12.1. The summed E-state index contributed by atoms with van der Waals surface area (Å²) in [6.07, 6.45) is 2.66. The third kappa shape index (κ3) is 2.18. The average Bonchev–Trinajstić information content (AvgIpc) is 3.10. The third-order valence-corrected chi connectivity index (χ3v) is 4.92. The molecule has 0 aliphatic carbocycles. The molecule has 2 atom stereocenters. The van der Waals surface area contributed by atoms with Crippen LogP contribution in [0.4, 0.5) is 0 Å². The molecular formula is C16H22N2O2. The number of hydrogen-bond acceptors (Lipinski definition) is 3. The molecule has 2 aliphatic heterocycles. The molecule has 0 radical (unpaired) electrons. The van der Waals surface area contributed by atoms with Crippen LogP contribution < -0.4 is 15.8 Å². The van der Waals surface area contributed by atoms with Crippen molar-refractivity contribution < 1.29 is 9.53 Å². The molecule has 1 aromatic carbocycles. The van der Waals surface area contributed by atoms with Crippen LogP contribution in [0.1, 0.15) is 24.5 Å². The molecule has 1 fully saturated rings. The Morgan fingerprint density at radius 2 is 2.40 bits per heavy atom. The van der Waals surface area contributed by atoms with E-state index in [-0.39, 0.29) is 5.91 Å². The Kier molecular flexibility index (Phi) is 3.42. The van der Waals surface area contributed by atoms with E-state index in [4.69, 9.17) is 10.5 Å². The summed E-state index contributed by atoms with van der Waals surface area (Å²) in [5.74, 6) is 1.10. The predicted octanol–water partition coefficient (Wildman–Crippen LogP) is 1.27. The maximum atomic E-state index is 12.1. The smallest absolute Gasteiger partial charge is 0.224 e. The number of rotatable bonds is 4. The van der Waals surface area contributed by atoms with Gasteiger partial charge < -0.3 is 15.8 Å². The second kappa shape index (κ2) is 5.09. The highest BCUT2D eigenvalue weighted by atomic mass is 16.5. The molecule has 4 heteroatoms. The standard InChI is InChI=1S/C16H22N2O2/c1-16(15(17)19,12-5-7-18-10-12)9-11-3-2-4-14-13(11)6-8-20-14/h2-4,12,18H,5-10H2,1H3,(H2,17,19). The molecule has 0 aromatic heterocycles. The zero-order valence-electron chi connectivity index (χ0n) is 11.9. The molecule has 2 aliphatic rings. The van der Waals surface area contributed by atoms with Crippen LogP contribution in [-0.4, -0.2) is 25.6 Å². The van der Waals surface area contributed by atoms with Gasteiger partial charge in [0, 0.05) is 12.0 Å². The van der Waals surface area contributed by atoms with E-state index in [0.29, 0.717) is 12.3 Å². The molecule has 2 unspecified atom stereocenters. The largest absolute Gasteiger partial charge is 0.493 e. The van der Waals surface area contributed by atoms with E-state index in [9.17, 15) is 4.79 Å². The Hall–Kier alpha value is -1.55. The van der Waals surface area contributed by atoms with E-state index < -0.39 is 5.41 Å². The van der Waals surface area contributed by atoms with Crippen molar-refractivity contribution in [1.29, 1.82) is 0 Å². The third-order valence-electron chi connectivity index (χ3n) is 4.92. The topological polar surface area (TPSA) is 64.3 Å². The molecular weight excluding hydrogens is 252 g/mol. The first-order valence-corrected chi connectivity index (χ1v) is 7.35. The van der Waals surface area contributed by atoms with Gasteiger partial charge in [0.05, 0.1) is 12.0 Å². The van der Waals surface area contributed by atoms with Crippen LogP contribution in [0.15, 0.2) is 18.2 Å². The highest BCUT2D eigenvalue weighted by molar-refractivity contribution is 5.81. The monoisotopic (exact) mass is 274 g/mol. The Labute approximate surface area is 119 Å². The van der Waals surface area contributed by atoms with Gasteiger partial charge in [-0.1, -0.05) is 19.1 Å². The first-order valence-electron chi connectivity index (χ1n) is 7.35. The van der Waals surface area contributed by atoms with E-state index in [1.54, 1.807) is 0 Å². The minimum Gasteiger partial charge on any atom is -0.493 e. The molecule has 4 nitrogen and oxygen atoms in total. The second-order valence-corrected chi connectivity index (χ2v) is 6.14. The number of amides is 1. The summed E-state index contributed by atoms with van der Waals surface area (Å²) in [4.78, 5) is 12.1.